The van der Waals surface area contributed by atoms with E-state index >= 15 is 0 Å². The largest absolute Gasteiger partial charge is 0.463 e. The fourth-order valence-electron chi connectivity index (χ4n) is 1.47. The van der Waals surface area contributed by atoms with E-state index in [0.717, 1.165) is 19.1 Å². The Morgan fingerprint density at radius 3 is 2.56 bits per heavy atom. The first kappa shape index (κ1) is 16.6. The van der Waals surface area contributed by atoms with E-state index in [-0.39, 0.29) is 5.41 Å². The minimum atomic E-state index is 0.0472. The average molecular weight is 252 g/mol. The van der Waals surface area contributed by atoms with Gasteiger partial charge in [-0.3, -0.25) is 0 Å². The van der Waals surface area contributed by atoms with Crippen LogP contribution >= 0.6 is 0 Å². The van der Waals surface area contributed by atoms with Gasteiger partial charge in [0, 0.05) is 6.42 Å². The molecule has 0 amide bonds. The number of allylic oxidation sites excluding steroid dienone is 4. The number of hydrogen-bond acceptors (Lipinski definition) is 2. The van der Waals surface area contributed by atoms with E-state index in [9.17, 15) is 10.1 Å². The van der Waals surface area contributed by atoms with Crippen molar-refractivity contribution in [2.45, 2.75) is 53.4 Å². The molecule has 0 heterocycles. The molecule has 0 aliphatic carbocycles. The van der Waals surface area contributed by atoms with Crippen LogP contribution in [0.4, 0.5) is 0 Å². The van der Waals surface area contributed by atoms with E-state index in [4.69, 9.17) is 0 Å². The summed E-state index contributed by atoms with van der Waals surface area (Å²) in [6.07, 6.45) is 10.1. The highest BCUT2D eigenvalue weighted by atomic mass is 17.1. The first-order chi connectivity index (χ1) is 8.41. The van der Waals surface area contributed by atoms with Crippen LogP contribution in [0, 0.1) is 5.41 Å². The zero-order valence-electron chi connectivity index (χ0n) is 11.9. The van der Waals surface area contributed by atoms with Crippen LogP contribution in [0.25, 0.3) is 0 Å². The molecule has 0 spiro atoms. The molecule has 0 aliphatic rings. The smallest absolute Gasteiger partial charge is 0.330 e. The van der Waals surface area contributed by atoms with Gasteiger partial charge < -0.3 is 10.1 Å². The van der Waals surface area contributed by atoms with Gasteiger partial charge in [0.15, 0.2) is 0 Å². The molecule has 0 N–H and O–H groups in total. The Hall–Kier alpha value is -1.38. The molecule has 18 heavy (non-hydrogen) atoms. The lowest BCUT2D eigenvalue weighted by molar-refractivity contribution is -1.05. The Balaban J connectivity index is 4.25. The molecule has 102 valence electrons. The molecule has 0 unspecified atom stereocenters. The van der Waals surface area contributed by atoms with Crippen molar-refractivity contribution in [2.24, 2.45) is 5.41 Å². The van der Waals surface area contributed by atoms with Crippen LogP contribution in [0.3, 0.4) is 0 Å². The van der Waals surface area contributed by atoms with Crippen LogP contribution in [-0.4, -0.2) is 12.1 Å². The Morgan fingerprint density at radius 1 is 1.33 bits per heavy atom. The molecule has 0 aliphatic heterocycles. The van der Waals surface area contributed by atoms with Crippen molar-refractivity contribution in [3.05, 3.63) is 23.8 Å². The second-order valence-electron chi connectivity index (χ2n) is 5.34. The van der Waals surface area contributed by atoms with Crippen LogP contribution < -0.4 is 5.26 Å². The summed E-state index contributed by atoms with van der Waals surface area (Å²) in [5.41, 5.74) is 1.29. The summed E-state index contributed by atoms with van der Waals surface area (Å²) in [4.78, 5) is 10.3. The summed E-state index contributed by atoms with van der Waals surface area (Å²) in [5, 5.41) is 10.1. The molecule has 0 aromatic carbocycles. The highest BCUT2D eigenvalue weighted by molar-refractivity contribution is 5.77. The first-order valence-electron chi connectivity index (χ1n) is 6.30. The van der Waals surface area contributed by atoms with Gasteiger partial charge in [-0.1, -0.05) is 37.6 Å². The molecule has 3 heteroatoms. The fraction of sp³-hybridized carbons (Fsp3) is 0.600. The second-order valence-corrected chi connectivity index (χ2v) is 5.34. The lowest BCUT2D eigenvalue weighted by Crippen LogP contribution is -2.07. The number of hydrogen-bond donors (Lipinski definition) is 0. The number of carbonyl (C=O) groups excluding carboxylic acids is 2. The maximum atomic E-state index is 10.3. The maximum Gasteiger partial charge on any atom is 0.330 e. The van der Waals surface area contributed by atoms with E-state index in [2.05, 4.69) is 30.6 Å². The van der Waals surface area contributed by atoms with E-state index in [0.29, 0.717) is 18.6 Å². The van der Waals surface area contributed by atoms with Crippen molar-refractivity contribution < 1.29 is 14.6 Å². The summed E-state index contributed by atoms with van der Waals surface area (Å²) in [7, 11) is 0. The van der Waals surface area contributed by atoms with Crippen LogP contribution in [0.2, 0.25) is 0 Å². The predicted molar refractivity (Wildman–Crippen MR) is 71.9 cm³/mol. The molecular formula is C15H24O3. The van der Waals surface area contributed by atoms with Gasteiger partial charge in [0.1, 0.15) is 6.29 Å². The standard InChI is InChI=1S/C15H24O3/c1-13(7-6-12-16)9-11-15(3,4)10-5-8-14(2)18-17/h5,9-10,12H,6-8,11H2,1-4H3/b10-5+,13-9+. The molecule has 3 nitrogen and oxygen atoms in total. The Kier molecular flexibility index (Phi) is 8.01. The van der Waals surface area contributed by atoms with Gasteiger partial charge in [-0.05, 0) is 25.2 Å². The Morgan fingerprint density at radius 2 is 2.00 bits per heavy atom. The predicted octanol–water partition coefficient (Wildman–Crippen LogP) is 2.67. The minimum absolute atomic E-state index is 0.0472. The molecule has 0 atom stereocenters. The van der Waals surface area contributed by atoms with Crippen molar-refractivity contribution in [1.29, 1.82) is 0 Å². The van der Waals surface area contributed by atoms with Gasteiger partial charge in [0.05, 0.1) is 13.3 Å². The van der Waals surface area contributed by atoms with E-state index in [1.165, 1.54) is 5.57 Å². The maximum absolute atomic E-state index is 10.3. The van der Waals surface area contributed by atoms with Crippen molar-refractivity contribution in [1.82, 2.24) is 0 Å². The molecular weight excluding hydrogens is 228 g/mol. The van der Waals surface area contributed by atoms with Crippen molar-refractivity contribution in [2.75, 3.05) is 0 Å². The third-order valence-electron chi connectivity index (χ3n) is 2.75. The molecule has 0 radical (unpaired) electrons. The summed E-state index contributed by atoms with van der Waals surface area (Å²) in [6, 6.07) is 0. The molecule has 0 rings (SSSR count). The first-order valence-corrected chi connectivity index (χ1v) is 6.30. The third kappa shape index (κ3) is 8.74. The quantitative estimate of drug-likeness (QED) is 0.219. The van der Waals surface area contributed by atoms with Gasteiger partial charge in [0.25, 0.3) is 0 Å². The zero-order chi connectivity index (χ0) is 14.0. The number of carbonyl (C=O) groups is 1. The number of aldehydes is 1. The monoisotopic (exact) mass is 252 g/mol. The Labute approximate surface area is 110 Å². The third-order valence-corrected chi connectivity index (χ3v) is 2.75. The van der Waals surface area contributed by atoms with Crippen LogP contribution in [0.15, 0.2) is 23.8 Å². The average Bonchev–Trinajstić information content (AvgIpc) is 2.33. The molecule has 0 aromatic rings. The van der Waals surface area contributed by atoms with Gasteiger partial charge >= 0.3 is 5.78 Å². The van der Waals surface area contributed by atoms with Crippen molar-refractivity contribution in [3.63, 3.8) is 0 Å². The van der Waals surface area contributed by atoms with E-state index < -0.39 is 0 Å². The van der Waals surface area contributed by atoms with Gasteiger partial charge in [0.2, 0.25) is 0 Å². The summed E-state index contributed by atoms with van der Waals surface area (Å²) < 4.78 is 3.88. The van der Waals surface area contributed by atoms with Gasteiger partial charge in [-0.25, -0.2) is 0 Å². The van der Waals surface area contributed by atoms with Crippen molar-refractivity contribution >= 4 is 12.1 Å². The SMILES string of the molecule is CC(C/C=C/C(C)(C)C/C=C(\C)CCC=O)=[O+][O-]. The summed E-state index contributed by atoms with van der Waals surface area (Å²) >= 11 is 0. The minimum Gasteiger partial charge on any atom is -0.463 e. The molecule has 0 aromatic heterocycles. The molecule has 0 saturated heterocycles. The lowest BCUT2D eigenvalue weighted by Gasteiger charge is -2.18. The van der Waals surface area contributed by atoms with Crippen LogP contribution in [-0.2, 0) is 9.37 Å². The normalized spacial score (nSPS) is 14.2. The van der Waals surface area contributed by atoms with Crippen LogP contribution in [0.5, 0.6) is 0 Å². The highest BCUT2D eigenvalue weighted by Crippen LogP contribution is 2.24. The highest BCUT2D eigenvalue weighted by Gasteiger charge is 2.12. The Bertz CT molecular complexity index is 336. The van der Waals surface area contributed by atoms with Gasteiger partial charge in [-0.15, -0.1) is 0 Å². The fourth-order valence-corrected chi connectivity index (χ4v) is 1.47. The molecule has 0 fully saturated rings. The summed E-state index contributed by atoms with van der Waals surface area (Å²) in [6.45, 7) is 8.00. The van der Waals surface area contributed by atoms with E-state index in [1.807, 2.05) is 13.0 Å². The topological polar surface area (TPSA) is 51.4 Å². The number of ketones is 1. The van der Waals surface area contributed by atoms with E-state index in [1.54, 1.807) is 6.92 Å². The van der Waals surface area contributed by atoms with Crippen LogP contribution in [0.1, 0.15) is 53.4 Å². The zero-order valence-corrected chi connectivity index (χ0v) is 11.9. The number of rotatable bonds is 8. The molecule has 0 bridgehead atoms. The molecule has 0 saturated carbocycles. The van der Waals surface area contributed by atoms with Gasteiger partial charge in [-0.2, -0.15) is 4.58 Å². The van der Waals surface area contributed by atoms with Crippen molar-refractivity contribution in [3.8, 4) is 0 Å². The lowest BCUT2D eigenvalue weighted by atomic mass is 9.87. The second kappa shape index (κ2) is 8.67. The summed E-state index contributed by atoms with van der Waals surface area (Å²) in [5.74, 6) is 0.472.